The van der Waals surface area contributed by atoms with Gasteiger partial charge in [0.25, 0.3) is 0 Å². The maximum absolute atomic E-state index is 5.58. The van der Waals surface area contributed by atoms with E-state index in [2.05, 4.69) is 4.98 Å². The van der Waals surface area contributed by atoms with Crippen molar-refractivity contribution < 1.29 is 4.74 Å². The number of nitrogens with two attached hydrogens (primary N) is 1. The molecule has 1 aromatic rings. The van der Waals surface area contributed by atoms with Crippen molar-refractivity contribution in [3.05, 3.63) is 34.6 Å². The molecule has 0 fully saturated rings. The van der Waals surface area contributed by atoms with Gasteiger partial charge >= 0.3 is 0 Å². The van der Waals surface area contributed by atoms with Crippen molar-refractivity contribution in [2.24, 2.45) is 5.73 Å². The molecule has 1 aromatic heterocycles. The van der Waals surface area contributed by atoms with Crippen LogP contribution in [0, 0.1) is 6.92 Å². The number of ether oxygens (including phenoxy) is 1. The van der Waals surface area contributed by atoms with Crippen LogP contribution in [0.5, 0.6) is 5.75 Å². The van der Waals surface area contributed by atoms with Gasteiger partial charge in [-0.3, -0.25) is 4.98 Å². The molecule has 2 N–H and O–H groups in total. The highest BCUT2D eigenvalue weighted by atomic mass is 35.5. The summed E-state index contributed by atoms with van der Waals surface area (Å²) < 4.78 is 5.54. The zero-order valence-corrected chi connectivity index (χ0v) is 9.71. The van der Waals surface area contributed by atoms with Crippen LogP contribution in [0.4, 0.5) is 0 Å². The van der Waals surface area contributed by atoms with Crippen LogP contribution in [0.25, 0.3) is 0 Å². The summed E-state index contributed by atoms with van der Waals surface area (Å²) in [6.45, 7) is 4.66. The Bertz CT molecular complexity index is 364. The number of hydrogen-bond donors (Lipinski definition) is 1. The maximum Gasteiger partial charge on any atom is 0.142 e. The molecule has 0 spiro atoms. The summed E-state index contributed by atoms with van der Waals surface area (Å²) in [5.74, 6) is 0.723. The standard InChI is InChI=1S/C11H15ClN2O/c1-8(5-12)7-15-11-4-3-9(2)14-10(11)6-13/h3-5H,6-7,13H2,1-2H3/b8-5-. The maximum atomic E-state index is 5.58. The summed E-state index contributed by atoms with van der Waals surface area (Å²) in [6.07, 6.45) is 0. The Kier molecular flexibility index (Phi) is 4.59. The number of hydrogen-bond acceptors (Lipinski definition) is 3. The van der Waals surface area contributed by atoms with Crippen LogP contribution in [0.2, 0.25) is 0 Å². The number of nitrogens with zero attached hydrogens (tertiary/aromatic N) is 1. The van der Waals surface area contributed by atoms with Crippen molar-refractivity contribution in [2.75, 3.05) is 6.61 Å². The molecule has 0 unspecified atom stereocenters. The van der Waals surface area contributed by atoms with Gasteiger partial charge in [0.15, 0.2) is 0 Å². The second kappa shape index (κ2) is 5.73. The highest BCUT2D eigenvalue weighted by Crippen LogP contribution is 2.17. The fraction of sp³-hybridized carbons (Fsp3) is 0.364. The fourth-order valence-electron chi connectivity index (χ4n) is 1.10. The molecule has 1 rings (SSSR count). The van der Waals surface area contributed by atoms with Crippen molar-refractivity contribution >= 4 is 11.6 Å². The van der Waals surface area contributed by atoms with Gasteiger partial charge in [-0.15, -0.1) is 0 Å². The number of aromatic nitrogens is 1. The van der Waals surface area contributed by atoms with Crippen molar-refractivity contribution in [2.45, 2.75) is 20.4 Å². The Balaban J connectivity index is 2.76. The molecule has 1 heterocycles. The summed E-state index contributed by atoms with van der Waals surface area (Å²) in [6, 6.07) is 3.78. The van der Waals surface area contributed by atoms with E-state index in [0.29, 0.717) is 13.2 Å². The Labute approximate surface area is 94.9 Å². The molecule has 0 bridgehead atoms. The molecule has 3 nitrogen and oxygen atoms in total. The summed E-state index contributed by atoms with van der Waals surface area (Å²) >= 11 is 5.53. The predicted molar refractivity (Wildman–Crippen MR) is 62.0 cm³/mol. The van der Waals surface area contributed by atoms with E-state index in [1.807, 2.05) is 26.0 Å². The first-order valence-electron chi connectivity index (χ1n) is 4.72. The molecule has 0 aliphatic carbocycles. The highest BCUT2D eigenvalue weighted by molar-refractivity contribution is 6.25. The average molecular weight is 227 g/mol. The molecule has 0 aromatic carbocycles. The highest BCUT2D eigenvalue weighted by Gasteiger charge is 2.04. The van der Waals surface area contributed by atoms with Crippen LogP contribution in [-0.2, 0) is 6.54 Å². The second-order valence-electron chi connectivity index (χ2n) is 3.35. The molecular formula is C11H15ClN2O. The van der Waals surface area contributed by atoms with Gasteiger partial charge in [-0.1, -0.05) is 11.6 Å². The van der Waals surface area contributed by atoms with Crippen LogP contribution < -0.4 is 10.5 Å². The van der Waals surface area contributed by atoms with Crippen LogP contribution >= 0.6 is 11.6 Å². The van der Waals surface area contributed by atoms with E-state index in [1.165, 1.54) is 5.54 Å². The van der Waals surface area contributed by atoms with E-state index in [1.54, 1.807) is 0 Å². The Hall–Kier alpha value is -1.06. The Morgan fingerprint density at radius 1 is 1.60 bits per heavy atom. The van der Waals surface area contributed by atoms with E-state index in [-0.39, 0.29) is 0 Å². The minimum absolute atomic E-state index is 0.376. The fourth-order valence-corrected chi connectivity index (χ4v) is 1.16. The first-order valence-corrected chi connectivity index (χ1v) is 5.16. The Morgan fingerprint density at radius 3 is 2.93 bits per heavy atom. The lowest BCUT2D eigenvalue weighted by Gasteiger charge is -2.10. The SMILES string of the molecule is C/C(=C/Cl)COc1ccc(C)nc1CN. The normalized spacial score (nSPS) is 11.6. The van der Waals surface area contributed by atoms with Crippen molar-refractivity contribution in [3.63, 3.8) is 0 Å². The first-order chi connectivity index (χ1) is 7.17. The lowest BCUT2D eigenvalue weighted by atomic mass is 10.3. The monoisotopic (exact) mass is 226 g/mol. The third kappa shape index (κ3) is 3.53. The summed E-state index contributed by atoms with van der Waals surface area (Å²) in [4.78, 5) is 4.29. The molecule has 82 valence electrons. The molecule has 0 aliphatic rings. The zero-order valence-electron chi connectivity index (χ0n) is 8.96. The first kappa shape index (κ1) is 12.0. The van der Waals surface area contributed by atoms with E-state index in [0.717, 1.165) is 22.7 Å². The number of pyridine rings is 1. The number of halogens is 1. The van der Waals surface area contributed by atoms with Gasteiger partial charge < -0.3 is 10.5 Å². The molecule has 0 aliphatic heterocycles. The minimum atomic E-state index is 0.376. The molecule has 0 atom stereocenters. The lowest BCUT2D eigenvalue weighted by Crippen LogP contribution is -2.07. The predicted octanol–water partition coefficient (Wildman–Crippen LogP) is 2.37. The van der Waals surface area contributed by atoms with E-state index >= 15 is 0 Å². The third-order valence-corrected chi connectivity index (χ3v) is 2.28. The van der Waals surface area contributed by atoms with Gasteiger partial charge in [-0.2, -0.15) is 0 Å². The molecular weight excluding hydrogens is 212 g/mol. The van der Waals surface area contributed by atoms with Gasteiger partial charge in [0.05, 0.1) is 5.69 Å². The number of rotatable bonds is 4. The van der Waals surface area contributed by atoms with Crippen LogP contribution in [0.1, 0.15) is 18.3 Å². The topological polar surface area (TPSA) is 48.1 Å². The Morgan fingerprint density at radius 2 is 2.33 bits per heavy atom. The van der Waals surface area contributed by atoms with Gasteiger partial charge in [0, 0.05) is 17.8 Å². The largest absolute Gasteiger partial charge is 0.487 e. The minimum Gasteiger partial charge on any atom is -0.487 e. The molecule has 0 saturated heterocycles. The van der Waals surface area contributed by atoms with Crippen molar-refractivity contribution in [1.82, 2.24) is 4.98 Å². The molecule has 15 heavy (non-hydrogen) atoms. The van der Waals surface area contributed by atoms with Crippen LogP contribution in [0.3, 0.4) is 0 Å². The van der Waals surface area contributed by atoms with Gasteiger partial charge in [0.1, 0.15) is 12.4 Å². The lowest BCUT2D eigenvalue weighted by molar-refractivity contribution is 0.346. The smallest absolute Gasteiger partial charge is 0.142 e. The molecule has 0 amide bonds. The van der Waals surface area contributed by atoms with Gasteiger partial charge in [-0.05, 0) is 31.6 Å². The summed E-state index contributed by atoms with van der Waals surface area (Å²) in [5.41, 5.74) is 9.75. The molecule has 0 radical (unpaired) electrons. The molecule has 4 heteroatoms. The van der Waals surface area contributed by atoms with Gasteiger partial charge in [-0.25, -0.2) is 0 Å². The number of aryl methyl sites for hydroxylation is 1. The van der Waals surface area contributed by atoms with Crippen LogP contribution in [0.15, 0.2) is 23.2 Å². The van der Waals surface area contributed by atoms with Crippen LogP contribution in [-0.4, -0.2) is 11.6 Å². The molecule has 0 saturated carbocycles. The van der Waals surface area contributed by atoms with Gasteiger partial charge in [0.2, 0.25) is 0 Å². The van der Waals surface area contributed by atoms with Crippen molar-refractivity contribution in [1.29, 1.82) is 0 Å². The average Bonchev–Trinajstić information content (AvgIpc) is 2.26. The zero-order chi connectivity index (χ0) is 11.3. The second-order valence-corrected chi connectivity index (χ2v) is 3.56. The third-order valence-electron chi connectivity index (χ3n) is 1.91. The van der Waals surface area contributed by atoms with E-state index in [9.17, 15) is 0 Å². The quantitative estimate of drug-likeness (QED) is 0.858. The van der Waals surface area contributed by atoms with E-state index < -0.39 is 0 Å². The van der Waals surface area contributed by atoms with Crippen molar-refractivity contribution in [3.8, 4) is 5.75 Å². The summed E-state index contributed by atoms with van der Waals surface area (Å²) in [5, 5.41) is 0. The summed E-state index contributed by atoms with van der Waals surface area (Å²) in [7, 11) is 0. The van der Waals surface area contributed by atoms with E-state index in [4.69, 9.17) is 22.1 Å².